The van der Waals surface area contributed by atoms with Gasteiger partial charge in [-0.05, 0) is 113 Å². The van der Waals surface area contributed by atoms with Gasteiger partial charge < -0.3 is 36.6 Å². The molecule has 2 aliphatic carbocycles. The van der Waals surface area contributed by atoms with Gasteiger partial charge in [-0.2, -0.15) is 0 Å². The number of carbonyl (C=O) groups excluding carboxylic acids is 5. The number of nitrogens with two attached hydrogens (primary N) is 1. The number of rotatable bonds is 15. The van der Waals surface area contributed by atoms with Crippen LogP contribution in [0.1, 0.15) is 71.1 Å². The Bertz CT molecular complexity index is 2350. The van der Waals surface area contributed by atoms with Crippen LogP contribution in [-0.2, 0) is 25.6 Å². The Morgan fingerprint density at radius 1 is 0.918 bits per heavy atom. The molecule has 61 heavy (non-hydrogen) atoms. The molecular weight excluding hydrogens is 792 g/mol. The van der Waals surface area contributed by atoms with Crippen LogP contribution in [-0.4, -0.2) is 80.2 Å². The minimum atomic E-state index is -1.05. The maximum absolute atomic E-state index is 14.5. The van der Waals surface area contributed by atoms with Crippen molar-refractivity contribution in [2.75, 3.05) is 39.8 Å². The zero-order valence-electron chi connectivity index (χ0n) is 34.2. The molecule has 0 aromatic heterocycles. The van der Waals surface area contributed by atoms with Crippen LogP contribution in [0.25, 0.3) is 22.3 Å². The van der Waals surface area contributed by atoms with Crippen molar-refractivity contribution in [2.45, 2.75) is 56.5 Å². The van der Waals surface area contributed by atoms with E-state index in [4.69, 9.17) is 22.1 Å². The summed E-state index contributed by atoms with van der Waals surface area (Å²) in [5.41, 5.74) is 14.5. The molecular formula is C48H51ClN6O6. The normalized spacial score (nSPS) is 17.2. The fraction of sp³-hybridized carbons (Fsp3) is 0.312. The number of halogens is 1. The van der Waals surface area contributed by atoms with Gasteiger partial charge in [0, 0.05) is 48.3 Å². The third kappa shape index (κ3) is 10.7. The number of carbonyl (C=O) groups is 5. The van der Waals surface area contributed by atoms with Crippen LogP contribution >= 0.6 is 11.6 Å². The summed E-state index contributed by atoms with van der Waals surface area (Å²) in [5, 5.41) is 12.0. The number of fused-ring (bicyclic) bond motifs is 5. The number of nitrogens with one attached hydrogen (secondary N) is 4. The molecule has 7 rings (SSSR count). The van der Waals surface area contributed by atoms with Crippen LogP contribution in [0.4, 0.5) is 0 Å². The molecule has 13 heteroatoms. The topological polar surface area (TPSA) is 172 Å². The average molecular weight is 843 g/mol. The molecule has 4 aromatic rings. The van der Waals surface area contributed by atoms with E-state index in [9.17, 15) is 24.0 Å². The van der Waals surface area contributed by atoms with Gasteiger partial charge in [0.15, 0.2) is 5.78 Å². The highest BCUT2D eigenvalue weighted by Gasteiger charge is 2.34. The maximum atomic E-state index is 14.5. The van der Waals surface area contributed by atoms with E-state index in [-0.39, 0.29) is 44.2 Å². The minimum Gasteiger partial charge on any atom is -0.492 e. The Morgan fingerprint density at radius 3 is 2.31 bits per heavy atom. The van der Waals surface area contributed by atoms with Crippen molar-refractivity contribution in [2.24, 2.45) is 5.73 Å². The molecule has 0 saturated heterocycles. The van der Waals surface area contributed by atoms with Gasteiger partial charge >= 0.3 is 0 Å². The van der Waals surface area contributed by atoms with Crippen LogP contribution in [0, 0.1) is 0 Å². The Labute approximate surface area is 360 Å². The van der Waals surface area contributed by atoms with E-state index in [1.165, 1.54) is 6.08 Å². The van der Waals surface area contributed by atoms with E-state index >= 15 is 0 Å². The van der Waals surface area contributed by atoms with Gasteiger partial charge in [0.2, 0.25) is 17.7 Å². The molecule has 2 unspecified atom stereocenters. The summed E-state index contributed by atoms with van der Waals surface area (Å²) in [7, 11) is 1.83. The quantitative estimate of drug-likeness (QED) is 0.0942. The lowest BCUT2D eigenvalue weighted by Gasteiger charge is -2.32. The number of ketones is 1. The number of amides is 4. The zero-order chi connectivity index (χ0) is 43.0. The SMILES string of the molecule is C=CCC(=O)CNC(=O)C1Cc2ccc(OCCN)c(c2)-c2cc(ccc2C2CC2)C(N(C)C(CNC(=O)c2ccc(-c3ccc(Cl)cc3)cc2)=C2CC2)C(=O)NCC(=O)N1. The fourth-order valence-electron chi connectivity index (χ4n) is 7.71. The molecule has 0 spiro atoms. The lowest BCUT2D eigenvalue weighted by Crippen LogP contribution is -2.52. The minimum absolute atomic E-state index is 0.0966. The number of benzene rings is 4. The summed E-state index contributed by atoms with van der Waals surface area (Å²) >= 11 is 6.07. The van der Waals surface area contributed by atoms with Crippen molar-refractivity contribution in [1.29, 1.82) is 0 Å². The van der Waals surface area contributed by atoms with Crippen LogP contribution in [0.15, 0.2) is 109 Å². The van der Waals surface area contributed by atoms with Crippen LogP contribution in [0.3, 0.4) is 0 Å². The van der Waals surface area contributed by atoms with Gasteiger partial charge in [0.05, 0.1) is 19.6 Å². The second-order valence-electron chi connectivity index (χ2n) is 15.7. The first-order valence-corrected chi connectivity index (χ1v) is 21.1. The molecule has 3 aliphatic rings. The van der Waals surface area contributed by atoms with Crippen LogP contribution < -0.4 is 31.7 Å². The number of hydrogen-bond acceptors (Lipinski definition) is 8. The molecule has 6 N–H and O–H groups in total. The van der Waals surface area contributed by atoms with E-state index < -0.39 is 36.3 Å². The van der Waals surface area contributed by atoms with E-state index in [1.54, 1.807) is 12.1 Å². The lowest BCUT2D eigenvalue weighted by atomic mass is 9.89. The maximum Gasteiger partial charge on any atom is 0.251 e. The number of likely N-dealkylation sites (N-methyl/N-ethyl adjacent to an activating group) is 1. The molecule has 1 heterocycles. The summed E-state index contributed by atoms with van der Waals surface area (Å²) < 4.78 is 6.20. The molecule has 12 nitrogen and oxygen atoms in total. The molecule has 0 radical (unpaired) electrons. The van der Waals surface area contributed by atoms with E-state index in [0.717, 1.165) is 70.3 Å². The standard InChI is InChI=1S/C48H51ClN6O6/c1-3-4-37(56)26-51-47(59)41-24-29-5-20-43(61-22-21-50)40(23-29)39-25-35(16-19-38(39)32-8-9-32)45(48(60)53-28-44(57)54-41)55(2)42(33-10-11-33)27-52-46(58)34-12-6-30(7-13-34)31-14-17-36(49)18-15-31/h3,5-7,12-20,23,25,32,41,45H,1,4,8-11,21-22,24,26-28,50H2,2H3,(H,51,59)(H,52,58)(H,53,60)(H,54,57). The number of nitrogens with zero attached hydrogens (tertiary/aromatic N) is 1. The average Bonchev–Trinajstić information content (AvgIpc) is 4.21. The van der Waals surface area contributed by atoms with E-state index in [0.29, 0.717) is 34.4 Å². The van der Waals surface area contributed by atoms with Gasteiger partial charge in [-0.1, -0.05) is 60.1 Å². The molecule has 4 bridgehead atoms. The second-order valence-corrected chi connectivity index (χ2v) is 16.1. The molecule has 2 saturated carbocycles. The smallest absolute Gasteiger partial charge is 0.251 e. The molecule has 316 valence electrons. The monoisotopic (exact) mass is 842 g/mol. The highest BCUT2D eigenvalue weighted by molar-refractivity contribution is 6.30. The van der Waals surface area contributed by atoms with Crippen molar-refractivity contribution >= 4 is 41.0 Å². The highest BCUT2D eigenvalue weighted by Crippen LogP contribution is 2.47. The van der Waals surface area contributed by atoms with Gasteiger partial charge in [-0.15, -0.1) is 6.58 Å². The molecule has 2 atom stereocenters. The predicted molar refractivity (Wildman–Crippen MR) is 236 cm³/mol. The van der Waals surface area contributed by atoms with E-state index in [1.807, 2.05) is 78.7 Å². The van der Waals surface area contributed by atoms with Gasteiger partial charge in [0.25, 0.3) is 5.91 Å². The Balaban J connectivity index is 1.21. The van der Waals surface area contributed by atoms with Crippen LogP contribution in [0.2, 0.25) is 5.02 Å². The van der Waals surface area contributed by atoms with Crippen molar-refractivity contribution in [3.63, 3.8) is 0 Å². The van der Waals surface area contributed by atoms with Crippen molar-refractivity contribution < 1.29 is 28.7 Å². The van der Waals surface area contributed by atoms with Crippen molar-refractivity contribution in [1.82, 2.24) is 26.2 Å². The number of hydrogen-bond donors (Lipinski definition) is 5. The number of allylic oxidation sites excluding steroid dienone is 2. The molecule has 4 amide bonds. The Hall–Kier alpha value is -6.24. The molecule has 4 aromatic carbocycles. The zero-order valence-corrected chi connectivity index (χ0v) is 35.0. The summed E-state index contributed by atoms with van der Waals surface area (Å²) in [6, 6.07) is 24.6. The largest absolute Gasteiger partial charge is 0.492 e. The fourth-order valence-corrected chi connectivity index (χ4v) is 7.84. The Kier molecular flexibility index (Phi) is 13.7. The van der Waals surface area contributed by atoms with Gasteiger partial charge in [-0.25, -0.2) is 0 Å². The Morgan fingerprint density at radius 2 is 1.64 bits per heavy atom. The molecule has 2 fully saturated rings. The summed E-state index contributed by atoms with van der Waals surface area (Å²) in [6.07, 6.45) is 5.37. The van der Waals surface area contributed by atoms with Crippen molar-refractivity contribution in [3.05, 3.63) is 136 Å². The first-order valence-electron chi connectivity index (χ1n) is 20.7. The second kappa shape index (κ2) is 19.4. The predicted octanol–water partition coefficient (Wildman–Crippen LogP) is 5.76. The third-order valence-corrected chi connectivity index (χ3v) is 11.4. The van der Waals surface area contributed by atoms with Gasteiger partial charge in [0.1, 0.15) is 24.4 Å². The number of ether oxygens (including phenoxy) is 1. The van der Waals surface area contributed by atoms with Gasteiger partial charge in [-0.3, -0.25) is 24.0 Å². The highest BCUT2D eigenvalue weighted by atomic mass is 35.5. The summed E-state index contributed by atoms with van der Waals surface area (Å²) in [4.78, 5) is 69.3. The number of Topliss-reactive ketones (excluding diaryl/α,β-unsaturated/α-hetero) is 1. The van der Waals surface area contributed by atoms with E-state index in [2.05, 4.69) is 33.9 Å². The third-order valence-electron chi connectivity index (χ3n) is 11.2. The first-order chi connectivity index (χ1) is 29.5. The molecule has 1 aliphatic heterocycles. The van der Waals surface area contributed by atoms with Crippen LogP contribution in [0.5, 0.6) is 5.75 Å². The summed E-state index contributed by atoms with van der Waals surface area (Å²) in [5.74, 6) is -1.11. The van der Waals surface area contributed by atoms with Crippen molar-refractivity contribution in [3.8, 4) is 28.0 Å². The first kappa shape index (κ1) is 42.9. The lowest BCUT2D eigenvalue weighted by molar-refractivity contribution is -0.131. The summed E-state index contributed by atoms with van der Waals surface area (Å²) in [6.45, 7) is 3.71.